The molecule has 6 heteroatoms. The van der Waals surface area contributed by atoms with E-state index in [1.807, 2.05) is 11.8 Å². The summed E-state index contributed by atoms with van der Waals surface area (Å²) in [6.45, 7) is 5.65. The normalized spacial score (nSPS) is 31.0. The highest BCUT2D eigenvalue weighted by Gasteiger charge is 2.29. The summed E-state index contributed by atoms with van der Waals surface area (Å²) in [5, 5.41) is 3.51. The lowest BCUT2D eigenvalue weighted by molar-refractivity contribution is -0.137. The summed E-state index contributed by atoms with van der Waals surface area (Å²) >= 11 is 1.81. The van der Waals surface area contributed by atoms with Gasteiger partial charge < -0.3 is 9.47 Å². The van der Waals surface area contributed by atoms with Crippen molar-refractivity contribution in [2.24, 2.45) is 17.8 Å². The Morgan fingerprint density at radius 2 is 1.71 bits per heavy atom. The fourth-order valence-electron chi connectivity index (χ4n) is 4.76. The molecule has 4 unspecified atom stereocenters. The summed E-state index contributed by atoms with van der Waals surface area (Å²) in [6, 6.07) is 0. The van der Waals surface area contributed by atoms with Gasteiger partial charge in [-0.1, -0.05) is 36.7 Å². The van der Waals surface area contributed by atoms with Crippen LogP contribution in [0.2, 0.25) is 0 Å². The SMILES string of the molecule is C=CC(=O)OCCCCCCOC1CCC(C#CC2CCC(C#CC3NCCS3)C(F)C2)CC1. The van der Waals surface area contributed by atoms with E-state index >= 15 is 0 Å². The van der Waals surface area contributed by atoms with Crippen molar-refractivity contribution in [2.75, 3.05) is 25.5 Å². The van der Waals surface area contributed by atoms with Crippen molar-refractivity contribution in [1.82, 2.24) is 5.32 Å². The van der Waals surface area contributed by atoms with Crippen molar-refractivity contribution in [3.63, 3.8) is 0 Å². The summed E-state index contributed by atoms with van der Waals surface area (Å²) in [7, 11) is 0. The fourth-order valence-corrected chi connectivity index (χ4v) is 5.62. The first kappa shape index (κ1) is 27.1. The van der Waals surface area contributed by atoms with Crippen LogP contribution in [0, 0.1) is 41.4 Å². The summed E-state index contributed by atoms with van der Waals surface area (Å²) < 4.78 is 25.7. The quantitative estimate of drug-likeness (QED) is 0.207. The largest absolute Gasteiger partial charge is 0.463 e. The molecule has 4 nitrogen and oxygen atoms in total. The minimum Gasteiger partial charge on any atom is -0.463 e. The second-order valence-electron chi connectivity index (χ2n) is 9.55. The lowest BCUT2D eigenvalue weighted by Crippen LogP contribution is -2.25. The van der Waals surface area contributed by atoms with Crippen molar-refractivity contribution >= 4 is 17.7 Å². The average molecular weight is 490 g/mol. The number of hydrogen-bond acceptors (Lipinski definition) is 5. The van der Waals surface area contributed by atoms with Gasteiger partial charge in [0.05, 0.1) is 18.6 Å². The van der Waals surface area contributed by atoms with Crippen LogP contribution in [-0.4, -0.2) is 49.1 Å². The van der Waals surface area contributed by atoms with E-state index in [1.54, 1.807) is 0 Å². The monoisotopic (exact) mass is 489 g/mol. The van der Waals surface area contributed by atoms with Gasteiger partial charge in [0.25, 0.3) is 0 Å². The molecule has 2 saturated carbocycles. The first-order valence-electron chi connectivity index (χ1n) is 13.1. The molecule has 3 rings (SSSR count). The second-order valence-corrected chi connectivity index (χ2v) is 10.8. The number of unbranched alkanes of at least 4 members (excludes halogenated alkanes) is 3. The van der Waals surface area contributed by atoms with Crippen LogP contribution in [0.25, 0.3) is 0 Å². The van der Waals surface area contributed by atoms with Crippen LogP contribution >= 0.6 is 11.8 Å². The van der Waals surface area contributed by atoms with Gasteiger partial charge in [0.15, 0.2) is 0 Å². The summed E-state index contributed by atoms with van der Waals surface area (Å²) in [6.07, 6.45) is 11.4. The second kappa shape index (κ2) is 15.5. The molecule has 0 spiro atoms. The fraction of sp³-hybridized carbons (Fsp3) is 0.750. The number of nitrogens with one attached hydrogen (secondary N) is 1. The molecule has 1 heterocycles. The molecule has 0 amide bonds. The number of esters is 1. The van der Waals surface area contributed by atoms with E-state index in [9.17, 15) is 9.18 Å². The third-order valence-electron chi connectivity index (χ3n) is 6.86. The van der Waals surface area contributed by atoms with Crippen LogP contribution in [-0.2, 0) is 14.3 Å². The molecule has 34 heavy (non-hydrogen) atoms. The molecule has 1 aliphatic heterocycles. The molecule has 1 N–H and O–H groups in total. The maximum absolute atomic E-state index is 14.6. The zero-order chi connectivity index (χ0) is 24.0. The molecule has 0 radical (unpaired) electrons. The number of rotatable bonds is 9. The molecule has 1 saturated heterocycles. The number of alkyl halides is 1. The van der Waals surface area contributed by atoms with Crippen LogP contribution in [0.3, 0.4) is 0 Å². The third-order valence-corrected chi connectivity index (χ3v) is 7.92. The van der Waals surface area contributed by atoms with Gasteiger partial charge in [-0.25, -0.2) is 9.18 Å². The Morgan fingerprint density at radius 1 is 0.971 bits per heavy atom. The Morgan fingerprint density at radius 3 is 2.41 bits per heavy atom. The Bertz CT molecular complexity index is 753. The van der Waals surface area contributed by atoms with Gasteiger partial charge in [0.2, 0.25) is 0 Å². The molecule has 3 fully saturated rings. The average Bonchev–Trinajstić information content (AvgIpc) is 3.38. The maximum atomic E-state index is 14.6. The van der Waals surface area contributed by atoms with Gasteiger partial charge in [-0.2, -0.15) is 0 Å². The number of ether oxygens (including phenoxy) is 2. The Hall–Kier alpha value is -1.47. The number of halogens is 1. The Labute approximate surface area is 209 Å². The first-order chi connectivity index (χ1) is 16.6. The standard InChI is InChI=1S/C28H40FNO3S/c1-2-28(31)33-19-6-4-3-5-18-32-25-14-10-22(11-15-25)7-8-23-9-12-24(26(29)21-23)13-16-27-30-17-20-34-27/h2,22-27,30H,1,3-6,9-12,14-15,17-21H2. The number of carbonyl (C=O) groups is 1. The van der Waals surface area contributed by atoms with Crippen LogP contribution in [0.5, 0.6) is 0 Å². The zero-order valence-corrected chi connectivity index (χ0v) is 21.2. The summed E-state index contributed by atoms with van der Waals surface area (Å²) in [5.41, 5.74) is 0. The predicted molar refractivity (Wildman–Crippen MR) is 137 cm³/mol. The highest BCUT2D eigenvalue weighted by Crippen LogP contribution is 2.32. The summed E-state index contributed by atoms with van der Waals surface area (Å²) in [5.74, 6) is 14.5. The highest BCUT2D eigenvalue weighted by molar-refractivity contribution is 8.00. The molecule has 3 aliphatic rings. The van der Waals surface area contributed by atoms with Crippen LogP contribution in [0.15, 0.2) is 12.7 Å². The Kier molecular flexibility index (Phi) is 12.4. The predicted octanol–water partition coefficient (Wildman–Crippen LogP) is 5.28. The molecule has 0 aromatic carbocycles. The van der Waals surface area contributed by atoms with E-state index in [2.05, 4.69) is 35.6 Å². The molecular weight excluding hydrogens is 449 g/mol. The molecular formula is C28H40FNO3S. The van der Waals surface area contributed by atoms with E-state index in [0.717, 1.165) is 83.1 Å². The maximum Gasteiger partial charge on any atom is 0.330 e. The topological polar surface area (TPSA) is 47.6 Å². The molecule has 4 atom stereocenters. The van der Waals surface area contributed by atoms with Gasteiger partial charge >= 0.3 is 5.97 Å². The smallest absolute Gasteiger partial charge is 0.330 e. The lowest BCUT2D eigenvalue weighted by Gasteiger charge is -2.27. The van der Waals surface area contributed by atoms with Gasteiger partial charge in [-0.3, -0.25) is 5.32 Å². The third kappa shape index (κ3) is 10.0. The molecule has 0 aromatic rings. The molecule has 0 aromatic heterocycles. The zero-order valence-electron chi connectivity index (χ0n) is 20.4. The van der Waals surface area contributed by atoms with E-state index in [0.29, 0.717) is 25.0 Å². The van der Waals surface area contributed by atoms with Crippen molar-refractivity contribution < 1.29 is 18.7 Å². The van der Waals surface area contributed by atoms with Crippen LogP contribution in [0.4, 0.5) is 4.39 Å². The van der Waals surface area contributed by atoms with Gasteiger partial charge in [-0.05, 0) is 64.2 Å². The molecule has 188 valence electrons. The number of hydrogen-bond donors (Lipinski definition) is 1. The van der Waals surface area contributed by atoms with Crippen molar-refractivity contribution in [3.05, 3.63) is 12.7 Å². The minimum atomic E-state index is -0.849. The van der Waals surface area contributed by atoms with Crippen molar-refractivity contribution in [3.8, 4) is 23.7 Å². The van der Waals surface area contributed by atoms with Crippen molar-refractivity contribution in [1.29, 1.82) is 0 Å². The van der Waals surface area contributed by atoms with Crippen LogP contribution < -0.4 is 5.32 Å². The van der Waals surface area contributed by atoms with Gasteiger partial charge in [0, 0.05) is 36.8 Å². The van der Waals surface area contributed by atoms with E-state index in [-0.39, 0.29) is 23.2 Å². The minimum absolute atomic E-state index is 0.122. The first-order valence-corrected chi connectivity index (χ1v) is 14.1. The molecule has 2 aliphatic carbocycles. The van der Waals surface area contributed by atoms with E-state index in [1.165, 1.54) is 6.08 Å². The van der Waals surface area contributed by atoms with Gasteiger partial charge in [0.1, 0.15) is 11.5 Å². The van der Waals surface area contributed by atoms with Crippen LogP contribution in [0.1, 0.15) is 70.6 Å². The highest BCUT2D eigenvalue weighted by atomic mass is 32.2. The van der Waals surface area contributed by atoms with Gasteiger partial charge in [-0.15, -0.1) is 11.8 Å². The number of carbonyl (C=O) groups excluding carboxylic acids is 1. The van der Waals surface area contributed by atoms with Crippen molar-refractivity contribution in [2.45, 2.75) is 88.3 Å². The summed E-state index contributed by atoms with van der Waals surface area (Å²) in [4.78, 5) is 11.0. The lowest BCUT2D eigenvalue weighted by atomic mass is 9.80. The van der Waals surface area contributed by atoms with E-state index < -0.39 is 6.17 Å². The Balaban J connectivity index is 1.23. The van der Waals surface area contributed by atoms with E-state index in [4.69, 9.17) is 9.47 Å². The molecule has 0 bridgehead atoms. The number of thioether (sulfide) groups is 1.